The van der Waals surface area contributed by atoms with Crippen molar-refractivity contribution < 1.29 is 4.74 Å². The first-order valence-corrected chi connectivity index (χ1v) is 10.4. The second-order valence-electron chi connectivity index (χ2n) is 7.46. The molecular formula is C23H27N3OS. The number of nitrogens with one attached hydrogen (secondary N) is 1. The van der Waals surface area contributed by atoms with Crippen molar-refractivity contribution in [3.8, 4) is 17.0 Å². The quantitative estimate of drug-likeness (QED) is 0.383. The number of aromatic nitrogens is 1. The van der Waals surface area contributed by atoms with Crippen molar-refractivity contribution in [2.45, 2.75) is 34.6 Å². The number of hydrazone groups is 1. The molecule has 1 heterocycles. The third kappa shape index (κ3) is 5.20. The Balaban J connectivity index is 1.67. The molecule has 0 saturated carbocycles. The number of hydrogen-bond donors (Lipinski definition) is 1. The molecule has 0 aliphatic rings. The number of ether oxygens (including phenoxy) is 1. The average Bonchev–Trinajstić information content (AvgIpc) is 3.08. The van der Waals surface area contributed by atoms with Gasteiger partial charge in [-0.25, -0.2) is 4.98 Å². The number of aryl methyl sites for hydroxylation is 3. The van der Waals surface area contributed by atoms with Crippen LogP contribution in [0.2, 0.25) is 0 Å². The molecule has 2 aromatic carbocycles. The molecule has 5 heteroatoms. The van der Waals surface area contributed by atoms with Gasteiger partial charge in [0.15, 0.2) is 0 Å². The number of nitrogens with zero attached hydrogens (tertiary/aromatic N) is 2. The smallest absolute Gasteiger partial charge is 0.203 e. The minimum absolute atomic E-state index is 0.499. The Morgan fingerprint density at radius 2 is 1.89 bits per heavy atom. The molecule has 0 bridgehead atoms. The molecule has 0 saturated heterocycles. The lowest BCUT2D eigenvalue weighted by atomic mass is 9.98. The Labute approximate surface area is 171 Å². The van der Waals surface area contributed by atoms with Crippen molar-refractivity contribution in [2.75, 3.05) is 12.0 Å². The fourth-order valence-corrected chi connectivity index (χ4v) is 3.78. The van der Waals surface area contributed by atoms with Gasteiger partial charge in [0.05, 0.1) is 18.5 Å². The van der Waals surface area contributed by atoms with Crippen LogP contribution in [0.1, 0.15) is 36.1 Å². The lowest BCUT2D eigenvalue weighted by Crippen LogP contribution is -2.04. The first-order valence-electron chi connectivity index (χ1n) is 9.48. The van der Waals surface area contributed by atoms with E-state index in [9.17, 15) is 0 Å². The summed E-state index contributed by atoms with van der Waals surface area (Å²) in [4.78, 5) is 4.70. The van der Waals surface area contributed by atoms with E-state index in [-0.39, 0.29) is 0 Å². The Hall–Kier alpha value is -2.66. The predicted molar refractivity (Wildman–Crippen MR) is 120 cm³/mol. The lowest BCUT2D eigenvalue weighted by Gasteiger charge is -2.08. The van der Waals surface area contributed by atoms with Crippen molar-refractivity contribution in [3.63, 3.8) is 0 Å². The van der Waals surface area contributed by atoms with Crippen LogP contribution in [0.5, 0.6) is 5.75 Å². The number of rotatable bonds is 7. The third-order valence-electron chi connectivity index (χ3n) is 4.25. The number of hydrogen-bond acceptors (Lipinski definition) is 5. The topological polar surface area (TPSA) is 46.5 Å². The molecule has 0 spiro atoms. The largest absolute Gasteiger partial charge is 0.493 e. The van der Waals surface area contributed by atoms with Gasteiger partial charge in [0.1, 0.15) is 5.75 Å². The lowest BCUT2D eigenvalue weighted by molar-refractivity contribution is 0.271. The van der Waals surface area contributed by atoms with Crippen molar-refractivity contribution in [1.29, 1.82) is 0 Å². The normalized spacial score (nSPS) is 11.4. The fraction of sp³-hybridized carbons (Fsp3) is 0.304. The predicted octanol–water partition coefficient (Wildman–Crippen LogP) is 6.22. The average molecular weight is 394 g/mol. The van der Waals surface area contributed by atoms with Crippen LogP contribution in [-0.2, 0) is 0 Å². The maximum Gasteiger partial charge on any atom is 0.203 e. The summed E-state index contributed by atoms with van der Waals surface area (Å²) in [5.74, 6) is 1.36. The molecule has 1 N–H and O–H groups in total. The Bertz CT molecular complexity index is 952. The van der Waals surface area contributed by atoms with E-state index in [4.69, 9.17) is 9.72 Å². The summed E-state index contributed by atoms with van der Waals surface area (Å²) in [6, 6.07) is 12.3. The van der Waals surface area contributed by atoms with Crippen molar-refractivity contribution in [3.05, 3.63) is 64.0 Å². The molecule has 4 nitrogen and oxygen atoms in total. The van der Waals surface area contributed by atoms with Crippen LogP contribution in [-0.4, -0.2) is 17.8 Å². The molecular weight excluding hydrogens is 366 g/mol. The van der Waals surface area contributed by atoms with Gasteiger partial charge in [0, 0.05) is 10.9 Å². The van der Waals surface area contributed by atoms with Crippen LogP contribution in [0.4, 0.5) is 5.13 Å². The van der Waals surface area contributed by atoms with Crippen molar-refractivity contribution in [1.82, 2.24) is 4.98 Å². The highest BCUT2D eigenvalue weighted by Gasteiger charge is 2.10. The minimum Gasteiger partial charge on any atom is -0.493 e. The number of thiazole rings is 1. The van der Waals surface area contributed by atoms with Gasteiger partial charge in [0.2, 0.25) is 5.13 Å². The molecule has 0 aliphatic heterocycles. The van der Waals surface area contributed by atoms with E-state index in [2.05, 4.69) is 62.7 Å². The second-order valence-corrected chi connectivity index (χ2v) is 8.32. The zero-order valence-electron chi connectivity index (χ0n) is 17.1. The first-order chi connectivity index (χ1) is 13.4. The zero-order chi connectivity index (χ0) is 20.1. The van der Waals surface area contributed by atoms with E-state index in [1.165, 1.54) is 22.3 Å². The zero-order valence-corrected chi connectivity index (χ0v) is 17.9. The number of anilines is 1. The van der Waals surface area contributed by atoms with Crippen LogP contribution < -0.4 is 10.2 Å². The fourth-order valence-electron chi connectivity index (χ4n) is 3.13. The van der Waals surface area contributed by atoms with Gasteiger partial charge in [-0.2, -0.15) is 5.10 Å². The Morgan fingerprint density at radius 3 is 2.61 bits per heavy atom. The maximum atomic E-state index is 5.76. The molecule has 0 unspecified atom stereocenters. The van der Waals surface area contributed by atoms with Crippen molar-refractivity contribution >= 4 is 22.7 Å². The number of benzene rings is 2. The first kappa shape index (κ1) is 20.1. The van der Waals surface area contributed by atoms with E-state index >= 15 is 0 Å². The highest BCUT2D eigenvalue weighted by atomic mass is 32.1. The minimum atomic E-state index is 0.499. The third-order valence-corrected chi connectivity index (χ3v) is 5.00. The van der Waals surface area contributed by atoms with E-state index in [0.717, 1.165) is 22.1 Å². The van der Waals surface area contributed by atoms with E-state index in [0.29, 0.717) is 12.5 Å². The standard InChI is InChI=1S/C23H27N3OS/c1-15(2)13-27-20-8-6-7-19(11-20)12-24-26-23-25-21(14-28-23)22-17(4)9-16(3)10-18(22)5/h6-12,14-15H,13H2,1-5H3,(H,25,26)/b24-12-. The van der Waals surface area contributed by atoms with Gasteiger partial charge in [-0.15, -0.1) is 11.3 Å². The van der Waals surface area contributed by atoms with Gasteiger partial charge >= 0.3 is 0 Å². The van der Waals surface area contributed by atoms with Crippen molar-refractivity contribution in [2.24, 2.45) is 11.0 Å². The molecule has 0 fully saturated rings. The Morgan fingerprint density at radius 1 is 1.14 bits per heavy atom. The molecule has 146 valence electrons. The summed E-state index contributed by atoms with van der Waals surface area (Å²) < 4.78 is 5.76. The van der Waals surface area contributed by atoms with Gasteiger partial charge in [-0.1, -0.05) is 43.7 Å². The SMILES string of the molecule is Cc1cc(C)c(-c2csc(N/N=C\c3cccc(OCC(C)C)c3)n2)c(C)c1. The van der Waals surface area contributed by atoms with Crippen LogP contribution in [0.25, 0.3) is 11.3 Å². The molecule has 1 aromatic heterocycles. The molecule has 0 radical (unpaired) electrons. The van der Waals surface area contributed by atoms with Crippen LogP contribution in [0.3, 0.4) is 0 Å². The molecule has 3 aromatic rings. The molecule has 28 heavy (non-hydrogen) atoms. The van der Waals surface area contributed by atoms with E-state index < -0.39 is 0 Å². The summed E-state index contributed by atoms with van der Waals surface area (Å²) in [6.07, 6.45) is 1.78. The summed E-state index contributed by atoms with van der Waals surface area (Å²) >= 11 is 1.55. The maximum absolute atomic E-state index is 5.76. The van der Waals surface area contributed by atoms with Crippen LogP contribution in [0, 0.1) is 26.7 Å². The molecule has 3 rings (SSSR count). The summed E-state index contributed by atoms with van der Waals surface area (Å²) in [6.45, 7) is 11.4. The van der Waals surface area contributed by atoms with Gasteiger partial charge in [0.25, 0.3) is 0 Å². The molecule has 0 amide bonds. The van der Waals surface area contributed by atoms with Crippen LogP contribution >= 0.6 is 11.3 Å². The van der Waals surface area contributed by atoms with E-state index in [1.807, 2.05) is 24.3 Å². The van der Waals surface area contributed by atoms with Gasteiger partial charge in [-0.05, 0) is 55.5 Å². The van der Waals surface area contributed by atoms with Gasteiger partial charge in [-0.3, -0.25) is 5.43 Å². The van der Waals surface area contributed by atoms with Gasteiger partial charge < -0.3 is 4.74 Å². The molecule has 0 atom stereocenters. The second kappa shape index (κ2) is 9.02. The summed E-state index contributed by atoms with van der Waals surface area (Å²) in [5.41, 5.74) is 9.98. The molecule has 0 aliphatic carbocycles. The van der Waals surface area contributed by atoms with E-state index in [1.54, 1.807) is 17.6 Å². The Kier molecular flexibility index (Phi) is 6.47. The monoisotopic (exact) mass is 393 g/mol. The highest BCUT2D eigenvalue weighted by Crippen LogP contribution is 2.31. The summed E-state index contributed by atoms with van der Waals surface area (Å²) in [7, 11) is 0. The summed E-state index contributed by atoms with van der Waals surface area (Å²) in [5, 5.41) is 7.18. The van der Waals surface area contributed by atoms with Crippen LogP contribution in [0.15, 0.2) is 46.9 Å². The highest BCUT2D eigenvalue weighted by molar-refractivity contribution is 7.14.